The standard InChI is InChI=1S/C24H17ClN2O4S/c1-13-9-17-19(32-13)11-20(28)27(23(17)29)21-16-10-15(25)7-8-18(16)26(22(21)24(30)31)12-14-5-3-2-4-6-14/h2-10H,11-12H2,1H3,(H,30,31). The molecule has 0 bridgehead atoms. The Bertz CT molecular complexity index is 1420. The fourth-order valence-corrected chi connectivity index (χ4v) is 5.42. The van der Waals surface area contributed by atoms with E-state index in [1.165, 1.54) is 11.3 Å². The number of benzene rings is 2. The van der Waals surface area contributed by atoms with Gasteiger partial charge in [0.1, 0.15) is 0 Å². The number of thiophene rings is 1. The number of carbonyl (C=O) groups excluding carboxylic acids is 2. The minimum Gasteiger partial charge on any atom is -0.477 e. The first-order valence-electron chi connectivity index (χ1n) is 9.90. The molecular formula is C24H17ClN2O4S. The maximum absolute atomic E-state index is 13.4. The molecule has 0 atom stereocenters. The van der Waals surface area contributed by atoms with Crippen molar-refractivity contribution in [1.29, 1.82) is 0 Å². The van der Waals surface area contributed by atoms with Gasteiger partial charge >= 0.3 is 5.97 Å². The number of hydrogen-bond acceptors (Lipinski definition) is 4. The van der Waals surface area contributed by atoms with E-state index in [0.717, 1.165) is 15.3 Å². The predicted molar refractivity (Wildman–Crippen MR) is 124 cm³/mol. The number of amides is 2. The van der Waals surface area contributed by atoms with Crippen molar-refractivity contribution in [2.24, 2.45) is 0 Å². The fourth-order valence-electron chi connectivity index (χ4n) is 4.23. The van der Waals surface area contributed by atoms with Crippen LogP contribution in [-0.2, 0) is 17.8 Å². The van der Waals surface area contributed by atoms with Gasteiger partial charge in [-0.15, -0.1) is 11.3 Å². The highest BCUT2D eigenvalue weighted by atomic mass is 35.5. The van der Waals surface area contributed by atoms with E-state index < -0.39 is 17.8 Å². The van der Waals surface area contributed by atoms with Crippen LogP contribution < -0.4 is 4.90 Å². The number of hydrogen-bond donors (Lipinski definition) is 1. The number of aromatic nitrogens is 1. The summed E-state index contributed by atoms with van der Waals surface area (Å²) in [4.78, 5) is 41.6. The molecule has 2 aromatic carbocycles. The third kappa shape index (κ3) is 3.21. The van der Waals surface area contributed by atoms with Gasteiger partial charge in [-0.2, -0.15) is 0 Å². The molecule has 0 radical (unpaired) electrons. The molecule has 6 nitrogen and oxygen atoms in total. The number of aromatic carboxylic acids is 1. The second kappa shape index (κ2) is 7.62. The predicted octanol–water partition coefficient (Wildman–Crippen LogP) is 5.14. The Morgan fingerprint density at radius 1 is 1.12 bits per heavy atom. The summed E-state index contributed by atoms with van der Waals surface area (Å²) in [5.74, 6) is -2.19. The lowest BCUT2D eigenvalue weighted by molar-refractivity contribution is -0.117. The third-order valence-corrected chi connectivity index (χ3v) is 6.82. The lowest BCUT2D eigenvalue weighted by atomic mass is 10.1. The van der Waals surface area contributed by atoms with Gasteiger partial charge in [-0.1, -0.05) is 41.9 Å². The van der Waals surface area contributed by atoms with Crippen LogP contribution in [0.5, 0.6) is 0 Å². The van der Waals surface area contributed by atoms with E-state index >= 15 is 0 Å². The highest BCUT2D eigenvalue weighted by molar-refractivity contribution is 7.12. The van der Waals surface area contributed by atoms with Gasteiger partial charge in [0.25, 0.3) is 5.91 Å². The van der Waals surface area contributed by atoms with E-state index in [9.17, 15) is 19.5 Å². The van der Waals surface area contributed by atoms with Crippen LogP contribution in [0.25, 0.3) is 10.9 Å². The molecule has 3 heterocycles. The van der Waals surface area contributed by atoms with Crippen LogP contribution in [0.4, 0.5) is 5.69 Å². The van der Waals surface area contributed by atoms with Crippen molar-refractivity contribution in [3.8, 4) is 0 Å². The summed E-state index contributed by atoms with van der Waals surface area (Å²) in [7, 11) is 0. The van der Waals surface area contributed by atoms with Crippen molar-refractivity contribution in [1.82, 2.24) is 4.57 Å². The van der Waals surface area contributed by atoms with Gasteiger partial charge < -0.3 is 9.67 Å². The molecule has 1 aliphatic rings. The summed E-state index contributed by atoms with van der Waals surface area (Å²) in [5, 5.41) is 11.0. The Labute approximate surface area is 192 Å². The molecule has 0 aliphatic carbocycles. The molecule has 4 aromatic rings. The molecule has 160 valence electrons. The number of carbonyl (C=O) groups is 3. The average Bonchev–Trinajstić information content (AvgIpc) is 3.26. The molecule has 32 heavy (non-hydrogen) atoms. The number of carboxylic acid groups (broad SMARTS) is 1. The maximum atomic E-state index is 13.4. The number of halogens is 1. The average molecular weight is 465 g/mol. The lowest BCUT2D eigenvalue weighted by Gasteiger charge is -2.25. The van der Waals surface area contributed by atoms with E-state index in [2.05, 4.69) is 0 Å². The SMILES string of the molecule is Cc1cc2c(s1)CC(=O)N(c1c(C(=O)O)n(Cc3ccccc3)c3ccc(Cl)cc13)C2=O. The zero-order valence-electron chi connectivity index (χ0n) is 17.0. The Morgan fingerprint density at radius 3 is 2.59 bits per heavy atom. The first-order chi connectivity index (χ1) is 15.3. The number of aryl methyl sites for hydroxylation is 1. The molecule has 0 unspecified atom stereocenters. The van der Waals surface area contributed by atoms with Gasteiger partial charge in [0.15, 0.2) is 5.69 Å². The third-order valence-electron chi connectivity index (χ3n) is 5.54. The Morgan fingerprint density at radius 2 is 1.88 bits per heavy atom. The van der Waals surface area contributed by atoms with Crippen LogP contribution >= 0.6 is 22.9 Å². The van der Waals surface area contributed by atoms with E-state index in [1.807, 2.05) is 37.3 Å². The highest BCUT2D eigenvalue weighted by Crippen LogP contribution is 2.40. The number of rotatable bonds is 4. The number of fused-ring (bicyclic) bond motifs is 2. The number of carboxylic acids is 1. The second-order valence-electron chi connectivity index (χ2n) is 7.64. The molecule has 0 saturated carbocycles. The van der Waals surface area contributed by atoms with Gasteiger partial charge in [-0.3, -0.25) is 9.59 Å². The van der Waals surface area contributed by atoms with Crippen LogP contribution in [0, 0.1) is 6.92 Å². The molecule has 2 amide bonds. The van der Waals surface area contributed by atoms with E-state index in [-0.39, 0.29) is 24.3 Å². The molecule has 0 saturated heterocycles. The van der Waals surface area contributed by atoms with Gasteiger partial charge in [-0.25, -0.2) is 9.69 Å². The summed E-state index contributed by atoms with van der Waals surface area (Å²) in [6, 6.07) is 16.2. The van der Waals surface area contributed by atoms with Gasteiger partial charge in [0, 0.05) is 26.7 Å². The Balaban J connectivity index is 1.78. The van der Waals surface area contributed by atoms with Gasteiger partial charge in [0.05, 0.1) is 23.2 Å². The van der Waals surface area contributed by atoms with Crippen LogP contribution in [-0.4, -0.2) is 27.5 Å². The molecule has 2 aromatic heterocycles. The van der Waals surface area contributed by atoms with Crippen LogP contribution in [0.1, 0.15) is 36.2 Å². The van der Waals surface area contributed by atoms with Crippen molar-refractivity contribution in [2.45, 2.75) is 19.9 Å². The van der Waals surface area contributed by atoms with Crippen LogP contribution in [0.3, 0.4) is 0 Å². The molecular weight excluding hydrogens is 448 g/mol. The molecule has 8 heteroatoms. The summed E-state index contributed by atoms with van der Waals surface area (Å²) < 4.78 is 1.62. The Kier molecular flexibility index (Phi) is 4.87. The van der Waals surface area contributed by atoms with Crippen molar-refractivity contribution in [2.75, 3.05) is 4.90 Å². The first kappa shape index (κ1) is 20.5. The molecule has 1 N–H and O–H groups in total. The summed E-state index contributed by atoms with van der Waals surface area (Å²) >= 11 is 7.65. The van der Waals surface area contributed by atoms with E-state index in [1.54, 1.807) is 28.8 Å². The lowest BCUT2D eigenvalue weighted by Crippen LogP contribution is -2.42. The largest absolute Gasteiger partial charge is 0.477 e. The second-order valence-corrected chi connectivity index (χ2v) is 9.42. The highest BCUT2D eigenvalue weighted by Gasteiger charge is 2.38. The monoisotopic (exact) mass is 464 g/mol. The minimum atomic E-state index is -1.23. The Hall–Kier alpha value is -3.42. The zero-order valence-corrected chi connectivity index (χ0v) is 18.5. The molecule has 0 fully saturated rings. The van der Waals surface area contributed by atoms with Gasteiger partial charge in [0.2, 0.25) is 5.91 Å². The van der Waals surface area contributed by atoms with Crippen LogP contribution in [0.15, 0.2) is 54.6 Å². The van der Waals surface area contributed by atoms with Crippen molar-refractivity contribution >= 4 is 57.3 Å². The fraction of sp³-hybridized carbons (Fsp3) is 0.125. The number of imide groups is 1. The molecule has 1 aliphatic heterocycles. The summed E-state index contributed by atoms with van der Waals surface area (Å²) in [6.45, 7) is 2.14. The van der Waals surface area contributed by atoms with E-state index in [4.69, 9.17) is 11.6 Å². The van der Waals surface area contributed by atoms with Crippen LogP contribution in [0.2, 0.25) is 5.02 Å². The van der Waals surface area contributed by atoms with Crippen molar-refractivity contribution in [3.05, 3.63) is 86.2 Å². The zero-order chi connectivity index (χ0) is 22.6. The quantitative estimate of drug-likeness (QED) is 0.424. The number of nitrogens with zero attached hydrogens (tertiary/aromatic N) is 2. The van der Waals surface area contributed by atoms with Crippen molar-refractivity contribution in [3.63, 3.8) is 0 Å². The van der Waals surface area contributed by atoms with E-state index in [0.29, 0.717) is 26.4 Å². The van der Waals surface area contributed by atoms with Gasteiger partial charge in [-0.05, 0) is 36.8 Å². The smallest absolute Gasteiger partial charge is 0.354 e. The molecule has 0 spiro atoms. The molecule has 5 rings (SSSR count). The maximum Gasteiger partial charge on any atom is 0.354 e. The summed E-state index contributed by atoms with van der Waals surface area (Å²) in [5.41, 5.74) is 1.85. The number of anilines is 1. The summed E-state index contributed by atoms with van der Waals surface area (Å²) in [6.07, 6.45) is 0.0462. The topological polar surface area (TPSA) is 79.6 Å². The van der Waals surface area contributed by atoms with Crippen molar-refractivity contribution < 1.29 is 19.5 Å². The normalized spacial score (nSPS) is 13.6. The minimum absolute atomic E-state index is 0.0462. The first-order valence-corrected chi connectivity index (χ1v) is 11.1.